The Kier molecular flexibility index (Phi) is 6.84. The van der Waals surface area contributed by atoms with Gasteiger partial charge in [-0.3, -0.25) is 4.79 Å². The first-order valence-corrected chi connectivity index (χ1v) is 6.63. The molecule has 1 aliphatic rings. The van der Waals surface area contributed by atoms with Crippen molar-refractivity contribution in [2.24, 2.45) is 0 Å². The van der Waals surface area contributed by atoms with Crippen LogP contribution < -0.4 is 15.4 Å². The van der Waals surface area contributed by atoms with E-state index in [9.17, 15) is 13.6 Å². The van der Waals surface area contributed by atoms with Crippen molar-refractivity contribution >= 4 is 18.3 Å². The van der Waals surface area contributed by atoms with E-state index in [0.717, 1.165) is 19.4 Å². The van der Waals surface area contributed by atoms with Crippen LogP contribution in [0.1, 0.15) is 30.1 Å². The molecule has 2 rings (SSSR count). The number of hydrogen-bond acceptors (Lipinski definition) is 3. The summed E-state index contributed by atoms with van der Waals surface area (Å²) in [7, 11) is 0. The summed E-state index contributed by atoms with van der Waals surface area (Å²) < 4.78 is 28.3. The molecule has 2 atom stereocenters. The number of amides is 1. The minimum Gasteiger partial charge on any atom is -0.435 e. The summed E-state index contributed by atoms with van der Waals surface area (Å²) in [5, 5.41) is 6.27. The van der Waals surface area contributed by atoms with E-state index in [1.54, 1.807) is 0 Å². The topological polar surface area (TPSA) is 50.4 Å². The minimum absolute atomic E-state index is 0. The van der Waals surface area contributed by atoms with E-state index in [1.807, 2.05) is 0 Å². The molecule has 1 heterocycles. The molecule has 1 aliphatic heterocycles. The normalized spacial score (nSPS) is 21.5. The molecule has 1 fully saturated rings. The zero-order chi connectivity index (χ0) is 14.5. The lowest BCUT2D eigenvalue weighted by Gasteiger charge is -2.28. The molecule has 0 saturated carbocycles. The van der Waals surface area contributed by atoms with Gasteiger partial charge < -0.3 is 15.4 Å². The molecule has 2 N–H and O–H groups in total. The molecule has 0 aliphatic carbocycles. The Balaban J connectivity index is 0.00000220. The number of ether oxygens (including phenoxy) is 1. The molecular weight excluding hydrogens is 302 g/mol. The molecule has 2 unspecified atom stereocenters. The Bertz CT molecular complexity index is 457. The first-order chi connectivity index (χ1) is 9.54. The van der Waals surface area contributed by atoms with Crippen LogP contribution in [0.2, 0.25) is 0 Å². The lowest BCUT2D eigenvalue weighted by atomic mass is 10.0. The van der Waals surface area contributed by atoms with Crippen LogP contribution in [-0.2, 0) is 0 Å². The van der Waals surface area contributed by atoms with Crippen LogP contribution in [-0.4, -0.2) is 31.1 Å². The fourth-order valence-electron chi connectivity index (χ4n) is 2.32. The van der Waals surface area contributed by atoms with Crippen molar-refractivity contribution in [3.63, 3.8) is 0 Å². The summed E-state index contributed by atoms with van der Waals surface area (Å²) in [5.74, 6) is -0.139. The molecule has 1 amide bonds. The zero-order valence-corrected chi connectivity index (χ0v) is 12.5. The maximum atomic E-state index is 12.0. The Morgan fingerprint density at radius 1 is 1.38 bits per heavy atom. The molecule has 1 aromatic rings. The third kappa shape index (κ3) is 5.47. The Morgan fingerprint density at radius 2 is 2.05 bits per heavy atom. The van der Waals surface area contributed by atoms with E-state index in [1.165, 1.54) is 24.3 Å². The summed E-state index contributed by atoms with van der Waals surface area (Å²) >= 11 is 0. The minimum atomic E-state index is -2.86. The number of hydrogen-bond donors (Lipinski definition) is 2. The maximum Gasteiger partial charge on any atom is 0.387 e. The molecule has 0 bridgehead atoms. The first-order valence-electron chi connectivity index (χ1n) is 6.63. The van der Waals surface area contributed by atoms with Gasteiger partial charge in [0.2, 0.25) is 0 Å². The van der Waals surface area contributed by atoms with Gasteiger partial charge in [-0.05, 0) is 50.6 Å². The number of alkyl halides is 2. The summed E-state index contributed by atoms with van der Waals surface area (Å²) in [6.45, 7) is 0.105. The number of carbonyl (C=O) groups excluding carboxylic acids is 1. The van der Waals surface area contributed by atoms with E-state index in [0.29, 0.717) is 11.6 Å². The van der Waals surface area contributed by atoms with Gasteiger partial charge in [0.25, 0.3) is 5.91 Å². The molecule has 1 saturated heterocycles. The number of nitrogens with one attached hydrogen (secondary N) is 2. The van der Waals surface area contributed by atoms with E-state index in [2.05, 4.69) is 22.3 Å². The highest BCUT2D eigenvalue weighted by Gasteiger charge is 2.20. The summed E-state index contributed by atoms with van der Waals surface area (Å²) in [4.78, 5) is 12.0. The van der Waals surface area contributed by atoms with Gasteiger partial charge in [-0.15, -0.1) is 12.4 Å². The summed E-state index contributed by atoms with van der Waals surface area (Å²) in [5.41, 5.74) is 0.442. The van der Waals surface area contributed by atoms with Crippen LogP contribution in [0.15, 0.2) is 24.3 Å². The fourth-order valence-corrected chi connectivity index (χ4v) is 2.32. The van der Waals surface area contributed by atoms with Crippen molar-refractivity contribution in [3.05, 3.63) is 29.8 Å². The quantitative estimate of drug-likeness (QED) is 0.896. The van der Waals surface area contributed by atoms with Crippen LogP contribution in [0, 0.1) is 0 Å². The molecule has 21 heavy (non-hydrogen) atoms. The predicted octanol–water partition coefficient (Wildman–Crippen LogP) is 2.58. The molecule has 4 nitrogen and oxygen atoms in total. The average molecular weight is 321 g/mol. The smallest absolute Gasteiger partial charge is 0.387 e. The lowest BCUT2D eigenvalue weighted by molar-refractivity contribution is -0.0498. The van der Waals surface area contributed by atoms with Gasteiger partial charge in [-0.2, -0.15) is 8.78 Å². The summed E-state index contributed by atoms with van der Waals surface area (Å²) in [6, 6.07) is 6.24. The largest absolute Gasteiger partial charge is 0.435 e. The molecule has 0 radical (unpaired) electrons. The van der Waals surface area contributed by atoms with E-state index < -0.39 is 6.61 Å². The van der Waals surface area contributed by atoms with Crippen molar-refractivity contribution < 1.29 is 18.3 Å². The zero-order valence-electron chi connectivity index (χ0n) is 11.6. The highest BCUT2D eigenvalue weighted by atomic mass is 35.5. The maximum absolute atomic E-state index is 12.0. The third-order valence-corrected chi connectivity index (χ3v) is 3.30. The van der Waals surface area contributed by atoms with Crippen molar-refractivity contribution in [1.29, 1.82) is 0 Å². The number of rotatable bonds is 4. The lowest BCUT2D eigenvalue weighted by Crippen LogP contribution is -2.46. The molecule has 7 heteroatoms. The van der Waals surface area contributed by atoms with Gasteiger partial charge in [0.1, 0.15) is 5.75 Å². The highest BCUT2D eigenvalue weighted by molar-refractivity contribution is 5.94. The monoisotopic (exact) mass is 320 g/mol. The van der Waals surface area contributed by atoms with Crippen molar-refractivity contribution in [2.75, 3.05) is 6.54 Å². The predicted molar refractivity (Wildman–Crippen MR) is 78.3 cm³/mol. The van der Waals surface area contributed by atoms with Gasteiger partial charge in [0.05, 0.1) is 0 Å². The van der Waals surface area contributed by atoms with Gasteiger partial charge in [0, 0.05) is 17.6 Å². The van der Waals surface area contributed by atoms with Gasteiger partial charge in [0.15, 0.2) is 0 Å². The second-order valence-electron chi connectivity index (χ2n) is 4.95. The fraction of sp³-hybridized carbons (Fsp3) is 0.500. The Labute approximate surface area is 128 Å². The molecule has 118 valence electrons. The Hall–Kier alpha value is -1.40. The second-order valence-corrected chi connectivity index (χ2v) is 4.95. The first kappa shape index (κ1) is 17.7. The van der Waals surface area contributed by atoms with Gasteiger partial charge in [-0.25, -0.2) is 0 Å². The van der Waals surface area contributed by atoms with Crippen LogP contribution in [0.5, 0.6) is 5.75 Å². The second kappa shape index (κ2) is 8.14. The highest BCUT2D eigenvalue weighted by Crippen LogP contribution is 2.15. The molecule has 0 aromatic heterocycles. The number of benzene rings is 1. The standard InChI is InChI=1S/C14H18F2N2O2.ClH/c1-9-8-11(6-7-17-9)18-13(19)10-2-4-12(5-3-10)20-14(15)16;/h2-5,9,11,14,17H,6-8H2,1H3,(H,18,19);1H. The molecule has 0 spiro atoms. The van der Waals surface area contributed by atoms with Crippen molar-refractivity contribution in [3.8, 4) is 5.75 Å². The van der Waals surface area contributed by atoms with Crippen LogP contribution in [0.3, 0.4) is 0 Å². The van der Waals surface area contributed by atoms with E-state index >= 15 is 0 Å². The van der Waals surface area contributed by atoms with Crippen molar-refractivity contribution in [1.82, 2.24) is 10.6 Å². The van der Waals surface area contributed by atoms with Crippen LogP contribution in [0.4, 0.5) is 8.78 Å². The van der Waals surface area contributed by atoms with Crippen LogP contribution in [0.25, 0.3) is 0 Å². The van der Waals surface area contributed by atoms with E-state index in [4.69, 9.17) is 0 Å². The number of piperidine rings is 1. The SMILES string of the molecule is CC1CC(NC(=O)c2ccc(OC(F)F)cc2)CCN1.Cl. The van der Waals surface area contributed by atoms with Gasteiger partial charge >= 0.3 is 6.61 Å². The number of carbonyl (C=O) groups is 1. The van der Waals surface area contributed by atoms with Gasteiger partial charge in [-0.1, -0.05) is 0 Å². The molecule has 1 aromatic carbocycles. The number of halogens is 3. The van der Waals surface area contributed by atoms with E-state index in [-0.39, 0.29) is 30.1 Å². The van der Waals surface area contributed by atoms with Crippen molar-refractivity contribution in [2.45, 2.75) is 38.5 Å². The molecular formula is C14H19ClF2N2O2. The van der Waals surface area contributed by atoms with Crippen LogP contribution >= 0.6 is 12.4 Å². The third-order valence-electron chi connectivity index (χ3n) is 3.30. The average Bonchev–Trinajstić information content (AvgIpc) is 2.38. The summed E-state index contributed by atoms with van der Waals surface area (Å²) in [6.07, 6.45) is 1.78. The Morgan fingerprint density at radius 3 is 2.62 bits per heavy atom.